The van der Waals surface area contributed by atoms with Crippen LogP contribution in [-0.2, 0) is 6.54 Å². The lowest BCUT2D eigenvalue weighted by Crippen LogP contribution is -2.26. The van der Waals surface area contributed by atoms with Crippen molar-refractivity contribution in [2.75, 3.05) is 0 Å². The van der Waals surface area contributed by atoms with Crippen molar-refractivity contribution >= 4 is 0 Å². The lowest BCUT2D eigenvalue weighted by molar-refractivity contribution is 0.567. The van der Waals surface area contributed by atoms with Gasteiger partial charge in [-0.2, -0.15) is 4.68 Å². The summed E-state index contributed by atoms with van der Waals surface area (Å²) < 4.78 is 2.94. The highest BCUT2D eigenvalue weighted by Gasteiger charge is 2.10. The molecule has 2 rings (SSSR count). The molecule has 2 aromatic rings. The van der Waals surface area contributed by atoms with E-state index in [-0.39, 0.29) is 24.0 Å². The maximum Gasteiger partial charge on any atom is 0.295 e. The fourth-order valence-electron chi connectivity index (χ4n) is 1.47. The molecule has 17 heavy (non-hydrogen) atoms. The van der Waals surface area contributed by atoms with E-state index in [2.05, 4.69) is 15.1 Å². The quantitative estimate of drug-likeness (QED) is 0.798. The summed E-state index contributed by atoms with van der Waals surface area (Å²) in [6, 6.07) is 0.0711. The molecule has 0 aliphatic heterocycles. The van der Waals surface area contributed by atoms with Crippen LogP contribution < -0.4 is 11.3 Å². The van der Waals surface area contributed by atoms with Gasteiger partial charge >= 0.3 is 0 Å². The van der Waals surface area contributed by atoms with Gasteiger partial charge < -0.3 is 10.3 Å². The number of hydrogen-bond donors (Lipinski definition) is 1. The Morgan fingerprint density at radius 3 is 2.76 bits per heavy atom. The highest BCUT2D eigenvalue weighted by Crippen LogP contribution is 2.01. The summed E-state index contributed by atoms with van der Waals surface area (Å²) in [5.41, 5.74) is 5.22. The molecule has 0 atom stereocenters. The second-order valence-electron chi connectivity index (χ2n) is 3.87. The average Bonchev–Trinajstić information content (AvgIpc) is 2.77. The summed E-state index contributed by atoms with van der Waals surface area (Å²) in [7, 11) is 0. The molecule has 0 amide bonds. The van der Waals surface area contributed by atoms with Crippen LogP contribution in [0, 0.1) is 0 Å². The molecule has 0 fully saturated rings. The van der Waals surface area contributed by atoms with Crippen molar-refractivity contribution in [1.82, 2.24) is 24.3 Å². The van der Waals surface area contributed by atoms with Crippen LogP contribution in [0.15, 0.2) is 23.5 Å². The monoisotopic (exact) mass is 234 g/mol. The molecule has 90 valence electrons. The van der Waals surface area contributed by atoms with Gasteiger partial charge in [-0.15, -0.1) is 5.10 Å². The SMILES string of the molecule is CC(C)n1ccnc(-n2cnc(CN)n2)c1=O. The maximum atomic E-state index is 12.1. The molecule has 0 saturated heterocycles. The Balaban J connectivity index is 2.52. The van der Waals surface area contributed by atoms with E-state index in [0.717, 1.165) is 0 Å². The first kappa shape index (κ1) is 11.5. The molecule has 0 unspecified atom stereocenters. The van der Waals surface area contributed by atoms with Gasteiger partial charge in [0, 0.05) is 18.4 Å². The van der Waals surface area contributed by atoms with Crippen LogP contribution >= 0.6 is 0 Å². The minimum Gasteiger partial charge on any atom is -0.324 e. The van der Waals surface area contributed by atoms with Crippen LogP contribution in [0.25, 0.3) is 5.82 Å². The third-order valence-electron chi connectivity index (χ3n) is 2.35. The molecule has 2 aromatic heterocycles. The van der Waals surface area contributed by atoms with Crippen molar-refractivity contribution in [3.63, 3.8) is 0 Å². The number of nitrogens with zero attached hydrogens (tertiary/aromatic N) is 5. The van der Waals surface area contributed by atoms with Gasteiger partial charge in [0.2, 0.25) is 5.82 Å². The van der Waals surface area contributed by atoms with E-state index >= 15 is 0 Å². The lowest BCUT2D eigenvalue weighted by atomic mass is 10.4. The molecule has 0 aromatic carbocycles. The van der Waals surface area contributed by atoms with Crippen LogP contribution in [0.5, 0.6) is 0 Å². The number of aromatic nitrogens is 5. The number of hydrogen-bond acceptors (Lipinski definition) is 5. The molecule has 0 aliphatic carbocycles. The van der Waals surface area contributed by atoms with Gasteiger partial charge in [-0.3, -0.25) is 4.79 Å². The predicted octanol–water partition coefficient (Wildman–Crippen LogP) is -0.136. The van der Waals surface area contributed by atoms with E-state index < -0.39 is 0 Å². The van der Waals surface area contributed by atoms with Gasteiger partial charge in [-0.25, -0.2) is 9.97 Å². The summed E-state index contributed by atoms with van der Waals surface area (Å²) in [4.78, 5) is 20.1. The Hall–Kier alpha value is -2.02. The zero-order chi connectivity index (χ0) is 12.4. The van der Waals surface area contributed by atoms with Crippen LogP contribution in [0.3, 0.4) is 0 Å². The van der Waals surface area contributed by atoms with E-state index in [4.69, 9.17) is 5.73 Å². The fourth-order valence-corrected chi connectivity index (χ4v) is 1.47. The van der Waals surface area contributed by atoms with Crippen molar-refractivity contribution in [2.45, 2.75) is 26.4 Å². The molecule has 7 nitrogen and oxygen atoms in total. The van der Waals surface area contributed by atoms with Crippen LogP contribution in [0.2, 0.25) is 0 Å². The molecule has 0 radical (unpaired) electrons. The molecular weight excluding hydrogens is 220 g/mol. The van der Waals surface area contributed by atoms with Gasteiger partial charge in [-0.1, -0.05) is 0 Å². The standard InChI is InChI=1S/C10H14N6O/c1-7(2)15-4-3-12-9(10(15)17)16-6-13-8(5-11)14-16/h3-4,6-7H,5,11H2,1-2H3. The Morgan fingerprint density at radius 2 is 2.18 bits per heavy atom. The van der Waals surface area contributed by atoms with E-state index in [1.807, 2.05) is 13.8 Å². The minimum atomic E-state index is -0.198. The third-order valence-corrected chi connectivity index (χ3v) is 2.35. The first-order chi connectivity index (χ1) is 8.13. The Kier molecular flexibility index (Phi) is 3.01. The van der Waals surface area contributed by atoms with Crippen molar-refractivity contribution in [3.8, 4) is 5.82 Å². The Bertz CT molecular complexity index is 570. The Labute approximate surface area is 97.9 Å². The van der Waals surface area contributed by atoms with Gasteiger partial charge in [-0.05, 0) is 13.8 Å². The van der Waals surface area contributed by atoms with Crippen molar-refractivity contribution in [1.29, 1.82) is 0 Å². The summed E-state index contributed by atoms with van der Waals surface area (Å²) in [6.45, 7) is 4.09. The van der Waals surface area contributed by atoms with Crippen molar-refractivity contribution in [3.05, 3.63) is 34.9 Å². The van der Waals surface area contributed by atoms with Gasteiger partial charge in [0.15, 0.2) is 5.82 Å². The smallest absolute Gasteiger partial charge is 0.295 e. The normalized spacial score (nSPS) is 11.1. The highest BCUT2D eigenvalue weighted by atomic mass is 16.1. The largest absolute Gasteiger partial charge is 0.324 e. The molecule has 0 bridgehead atoms. The first-order valence-corrected chi connectivity index (χ1v) is 5.31. The zero-order valence-corrected chi connectivity index (χ0v) is 9.74. The van der Waals surface area contributed by atoms with E-state index in [0.29, 0.717) is 5.82 Å². The first-order valence-electron chi connectivity index (χ1n) is 5.31. The topological polar surface area (TPSA) is 91.6 Å². The van der Waals surface area contributed by atoms with Crippen LogP contribution in [0.1, 0.15) is 25.7 Å². The van der Waals surface area contributed by atoms with Gasteiger partial charge in [0.25, 0.3) is 5.56 Å². The fraction of sp³-hybridized carbons (Fsp3) is 0.400. The van der Waals surface area contributed by atoms with Crippen molar-refractivity contribution in [2.24, 2.45) is 5.73 Å². The molecular formula is C10H14N6O. The van der Waals surface area contributed by atoms with Crippen LogP contribution in [0.4, 0.5) is 0 Å². The molecule has 0 spiro atoms. The van der Waals surface area contributed by atoms with E-state index in [9.17, 15) is 4.79 Å². The second-order valence-corrected chi connectivity index (χ2v) is 3.87. The summed E-state index contributed by atoms with van der Waals surface area (Å²) in [6.07, 6.45) is 4.66. The van der Waals surface area contributed by atoms with Crippen LogP contribution in [-0.4, -0.2) is 24.3 Å². The highest BCUT2D eigenvalue weighted by molar-refractivity contribution is 5.16. The Morgan fingerprint density at radius 1 is 1.41 bits per heavy atom. The summed E-state index contributed by atoms with van der Waals surface area (Å²) in [5.74, 6) is 0.708. The summed E-state index contributed by atoms with van der Waals surface area (Å²) >= 11 is 0. The minimum absolute atomic E-state index is 0.0711. The van der Waals surface area contributed by atoms with E-state index in [1.165, 1.54) is 11.0 Å². The predicted molar refractivity (Wildman–Crippen MR) is 61.7 cm³/mol. The van der Waals surface area contributed by atoms with Crippen molar-refractivity contribution < 1.29 is 0 Å². The average molecular weight is 234 g/mol. The lowest BCUT2D eigenvalue weighted by Gasteiger charge is -2.09. The number of nitrogens with two attached hydrogens (primary N) is 1. The molecule has 2 heterocycles. The maximum absolute atomic E-state index is 12.1. The van der Waals surface area contributed by atoms with Gasteiger partial charge in [0.05, 0.1) is 6.54 Å². The van der Waals surface area contributed by atoms with Gasteiger partial charge in [0.1, 0.15) is 6.33 Å². The summed E-state index contributed by atoms with van der Waals surface area (Å²) in [5, 5.41) is 4.06. The zero-order valence-electron chi connectivity index (χ0n) is 9.74. The molecule has 7 heteroatoms. The molecule has 0 saturated carbocycles. The third kappa shape index (κ3) is 2.09. The van der Waals surface area contributed by atoms with E-state index in [1.54, 1.807) is 17.0 Å². The molecule has 0 aliphatic rings. The second kappa shape index (κ2) is 4.46. The number of rotatable bonds is 3. The molecule has 2 N–H and O–H groups in total.